The zero-order valence-corrected chi connectivity index (χ0v) is 10.3. The van der Waals surface area contributed by atoms with Crippen molar-refractivity contribution < 1.29 is 4.79 Å². The summed E-state index contributed by atoms with van der Waals surface area (Å²) in [6, 6.07) is 3.58. The number of halogens is 2. The Morgan fingerprint density at radius 2 is 2.40 bits per heavy atom. The Kier molecular flexibility index (Phi) is 2.80. The van der Waals surface area contributed by atoms with Gasteiger partial charge in [-0.3, -0.25) is 4.79 Å². The molecule has 0 unspecified atom stereocenters. The molecule has 0 atom stereocenters. The van der Waals surface area contributed by atoms with Crippen molar-refractivity contribution in [3.63, 3.8) is 0 Å². The molecule has 2 aromatic heterocycles. The van der Waals surface area contributed by atoms with E-state index in [0.29, 0.717) is 16.0 Å². The number of rotatable bonds is 2. The first-order valence-electron chi connectivity index (χ1n) is 4.39. The lowest BCUT2D eigenvalue weighted by atomic mass is 10.3. The molecule has 0 fully saturated rings. The van der Waals surface area contributed by atoms with Crippen molar-refractivity contribution in [3.05, 3.63) is 33.8 Å². The van der Waals surface area contributed by atoms with Gasteiger partial charge in [-0.1, -0.05) is 11.6 Å². The van der Waals surface area contributed by atoms with Crippen molar-refractivity contribution in [1.82, 2.24) is 9.38 Å². The van der Waals surface area contributed by atoms with Gasteiger partial charge >= 0.3 is 0 Å². The van der Waals surface area contributed by atoms with Crippen molar-refractivity contribution in [1.29, 1.82) is 0 Å². The van der Waals surface area contributed by atoms with E-state index in [-0.39, 0.29) is 5.78 Å². The van der Waals surface area contributed by atoms with Crippen LogP contribution in [-0.4, -0.2) is 15.2 Å². The lowest BCUT2D eigenvalue weighted by Crippen LogP contribution is -2.01. The quantitative estimate of drug-likeness (QED) is 0.851. The van der Waals surface area contributed by atoms with E-state index in [1.54, 1.807) is 13.0 Å². The molecule has 0 aliphatic rings. The molecule has 0 aromatic carbocycles. The Labute approximate surface area is 100 Å². The first-order chi connectivity index (χ1) is 7.08. The molecule has 0 bridgehead atoms. The van der Waals surface area contributed by atoms with Crippen LogP contribution in [0.5, 0.6) is 0 Å². The van der Waals surface area contributed by atoms with E-state index < -0.39 is 0 Å². The van der Waals surface area contributed by atoms with Crippen molar-refractivity contribution in [2.24, 2.45) is 0 Å². The van der Waals surface area contributed by atoms with Crippen molar-refractivity contribution in [2.75, 3.05) is 0 Å². The number of aromatic nitrogens is 2. The van der Waals surface area contributed by atoms with Crippen molar-refractivity contribution >= 4 is 38.8 Å². The van der Waals surface area contributed by atoms with E-state index in [4.69, 9.17) is 11.6 Å². The van der Waals surface area contributed by atoms with Crippen molar-refractivity contribution in [2.45, 2.75) is 13.3 Å². The van der Waals surface area contributed by atoms with Gasteiger partial charge in [-0.2, -0.15) is 0 Å². The molecule has 0 amide bonds. The summed E-state index contributed by atoms with van der Waals surface area (Å²) in [6.45, 7) is 1.55. The summed E-state index contributed by atoms with van der Waals surface area (Å²) in [4.78, 5) is 15.3. The van der Waals surface area contributed by atoms with Gasteiger partial charge in [0.1, 0.15) is 16.2 Å². The third-order valence-corrected chi connectivity index (χ3v) is 2.86. The number of hydrogen-bond acceptors (Lipinski definition) is 2. The molecule has 0 saturated heterocycles. The summed E-state index contributed by atoms with van der Waals surface area (Å²) in [6.07, 6.45) is 2.14. The van der Waals surface area contributed by atoms with Gasteiger partial charge in [0.15, 0.2) is 0 Å². The van der Waals surface area contributed by atoms with Crippen LogP contribution in [0.25, 0.3) is 5.52 Å². The monoisotopic (exact) mass is 286 g/mol. The SMILES string of the molecule is CC(=O)Cc1nc(Br)c2cc(Cl)ccn12. The second kappa shape index (κ2) is 3.94. The van der Waals surface area contributed by atoms with E-state index >= 15 is 0 Å². The van der Waals surface area contributed by atoms with Crippen LogP contribution in [0, 0.1) is 0 Å². The summed E-state index contributed by atoms with van der Waals surface area (Å²) < 4.78 is 2.57. The summed E-state index contributed by atoms with van der Waals surface area (Å²) >= 11 is 9.22. The Morgan fingerprint density at radius 3 is 3.07 bits per heavy atom. The van der Waals surface area contributed by atoms with Gasteiger partial charge in [-0.05, 0) is 35.0 Å². The first kappa shape index (κ1) is 10.6. The van der Waals surface area contributed by atoms with E-state index in [2.05, 4.69) is 20.9 Å². The topological polar surface area (TPSA) is 34.4 Å². The average Bonchev–Trinajstić information content (AvgIpc) is 2.42. The molecule has 0 aliphatic heterocycles. The fourth-order valence-corrected chi connectivity index (χ4v) is 2.10. The number of carbonyl (C=O) groups is 1. The van der Waals surface area contributed by atoms with Crippen LogP contribution < -0.4 is 0 Å². The number of nitrogens with zero attached hydrogens (tertiary/aromatic N) is 2. The minimum atomic E-state index is 0.0874. The molecule has 2 aromatic rings. The van der Waals surface area contributed by atoms with Crippen LogP contribution in [0.3, 0.4) is 0 Å². The maximum atomic E-state index is 11.0. The van der Waals surface area contributed by atoms with Crippen LogP contribution in [0.4, 0.5) is 0 Å². The summed E-state index contributed by atoms with van der Waals surface area (Å²) in [5.74, 6) is 0.811. The van der Waals surface area contributed by atoms with E-state index in [0.717, 1.165) is 11.3 Å². The molecule has 15 heavy (non-hydrogen) atoms. The molecular weight excluding hydrogens is 279 g/mol. The van der Waals surface area contributed by atoms with Crippen molar-refractivity contribution in [3.8, 4) is 0 Å². The van der Waals surface area contributed by atoms with Gasteiger partial charge in [-0.25, -0.2) is 4.98 Å². The highest BCUT2D eigenvalue weighted by molar-refractivity contribution is 9.10. The van der Waals surface area contributed by atoms with Crippen LogP contribution in [0.15, 0.2) is 22.9 Å². The molecule has 5 heteroatoms. The van der Waals surface area contributed by atoms with Gasteiger partial charge in [0.25, 0.3) is 0 Å². The third kappa shape index (κ3) is 2.06. The van der Waals surface area contributed by atoms with Gasteiger partial charge < -0.3 is 4.40 Å². The lowest BCUT2D eigenvalue weighted by Gasteiger charge is -1.98. The highest BCUT2D eigenvalue weighted by Gasteiger charge is 2.10. The molecule has 0 spiro atoms. The molecule has 3 nitrogen and oxygen atoms in total. The summed E-state index contributed by atoms with van der Waals surface area (Å²) in [5, 5.41) is 0.650. The number of pyridine rings is 1. The maximum Gasteiger partial charge on any atom is 0.137 e. The number of Topliss-reactive ketones (excluding diaryl/α,β-unsaturated/α-hetero) is 1. The summed E-state index contributed by atoms with van der Waals surface area (Å²) in [7, 11) is 0. The average molecular weight is 288 g/mol. The molecular formula is C10H8BrClN2O. The molecule has 0 aliphatic carbocycles. The highest BCUT2D eigenvalue weighted by atomic mass is 79.9. The predicted molar refractivity (Wildman–Crippen MR) is 62.3 cm³/mol. The zero-order valence-electron chi connectivity index (χ0n) is 8.00. The second-order valence-corrected chi connectivity index (χ2v) is 4.49. The maximum absolute atomic E-state index is 11.0. The number of ketones is 1. The van der Waals surface area contributed by atoms with Gasteiger partial charge in [0.05, 0.1) is 11.9 Å². The Hall–Kier alpha value is -0.870. The van der Waals surface area contributed by atoms with Crippen LogP contribution in [0.1, 0.15) is 12.7 Å². The highest BCUT2D eigenvalue weighted by Crippen LogP contribution is 2.22. The zero-order chi connectivity index (χ0) is 11.0. The van der Waals surface area contributed by atoms with E-state index in [9.17, 15) is 4.79 Å². The van der Waals surface area contributed by atoms with E-state index in [1.807, 2.05) is 16.7 Å². The second-order valence-electron chi connectivity index (χ2n) is 3.30. The number of imidazole rings is 1. The molecule has 2 heterocycles. The van der Waals surface area contributed by atoms with E-state index in [1.165, 1.54) is 0 Å². The minimum absolute atomic E-state index is 0.0874. The van der Waals surface area contributed by atoms with Crippen LogP contribution >= 0.6 is 27.5 Å². The fraction of sp³-hybridized carbons (Fsp3) is 0.200. The normalized spacial score (nSPS) is 10.9. The van der Waals surface area contributed by atoms with Crippen LogP contribution in [-0.2, 0) is 11.2 Å². The van der Waals surface area contributed by atoms with Gasteiger partial charge in [0.2, 0.25) is 0 Å². The van der Waals surface area contributed by atoms with Crippen LogP contribution in [0.2, 0.25) is 5.02 Å². The Balaban J connectivity index is 2.62. The molecule has 0 saturated carbocycles. The predicted octanol–water partition coefficient (Wildman–Crippen LogP) is 2.88. The van der Waals surface area contributed by atoms with Gasteiger partial charge in [-0.15, -0.1) is 0 Å². The fourth-order valence-electron chi connectivity index (χ4n) is 1.43. The largest absolute Gasteiger partial charge is 0.302 e. The third-order valence-electron chi connectivity index (χ3n) is 2.04. The Morgan fingerprint density at radius 1 is 1.67 bits per heavy atom. The molecule has 0 radical (unpaired) electrons. The Bertz CT molecular complexity index is 535. The molecule has 2 rings (SSSR count). The lowest BCUT2D eigenvalue weighted by molar-refractivity contribution is -0.116. The first-order valence-corrected chi connectivity index (χ1v) is 5.56. The minimum Gasteiger partial charge on any atom is -0.302 e. The number of hydrogen-bond donors (Lipinski definition) is 0. The summed E-state index contributed by atoms with van der Waals surface area (Å²) in [5.41, 5.74) is 0.874. The number of fused-ring (bicyclic) bond motifs is 1. The molecule has 0 N–H and O–H groups in total. The molecule has 78 valence electrons. The number of carbonyl (C=O) groups excluding carboxylic acids is 1. The smallest absolute Gasteiger partial charge is 0.137 e. The standard InChI is InChI=1S/C10H8BrClN2O/c1-6(15)4-9-13-10(11)8-5-7(12)2-3-14(8)9/h2-3,5H,4H2,1H3. The van der Waals surface area contributed by atoms with Gasteiger partial charge in [0, 0.05) is 11.2 Å².